The molecule has 4 heterocycles. The molecule has 6 aromatic rings. The van der Waals surface area contributed by atoms with Gasteiger partial charge < -0.3 is 14.4 Å². The van der Waals surface area contributed by atoms with Crippen LogP contribution in [0, 0.1) is 63.7 Å². The Labute approximate surface area is 410 Å². The van der Waals surface area contributed by atoms with Crippen LogP contribution in [0.3, 0.4) is 0 Å². The van der Waals surface area contributed by atoms with Gasteiger partial charge in [0.25, 0.3) is 0 Å². The first kappa shape index (κ1) is 35.6. The molecule has 0 atom stereocenters. The Bertz CT molecular complexity index is 2990. The first-order valence-electron chi connectivity index (χ1n) is 27.7. The number of furan rings is 1. The zero-order valence-electron chi connectivity index (χ0n) is 51.0. The second-order valence-electron chi connectivity index (χ2n) is 23.4. The summed E-state index contributed by atoms with van der Waals surface area (Å²) in [5.41, 5.74) is 3.40. The summed E-state index contributed by atoms with van der Waals surface area (Å²) < 4.78 is 97.3. The average molecular weight is 1030 g/mol. The molecule has 63 heavy (non-hydrogen) atoms. The van der Waals surface area contributed by atoms with Crippen LogP contribution >= 0.6 is 0 Å². The third-order valence-electron chi connectivity index (χ3n) is 12.3. The van der Waals surface area contributed by atoms with Gasteiger partial charge in [-0.05, 0) is 142 Å². The van der Waals surface area contributed by atoms with Gasteiger partial charge in [-0.15, -0.1) is 53.6 Å². The molecule has 2 fully saturated rings. The van der Waals surface area contributed by atoms with E-state index in [1.165, 1.54) is 43.7 Å². The molecule has 0 N–H and O–H groups in total. The number of aromatic nitrogens is 3. The number of pyridine rings is 3. The first-order valence-corrected chi connectivity index (χ1v) is 22.2. The van der Waals surface area contributed by atoms with Gasteiger partial charge in [-0.3, -0.25) is 0 Å². The van der Waals surface area contributed by atoms with Crippen molar-refractivity contribution >= 4 is 22.1 Å². The molecule has 0 amide bonds. The van der Waals surface area contributed by atoms with Gasteiger partial charge in [-0.25, -0.2) is 4.98 Å². The second kappa shape index (κ2) is 17.3. The van der Waals surface area contributed by atoms with Crippen molar-refractivity contribution in [2.24, 2.45) is 37.9 Å². The molecule has 4 nitrogen and oxygen atoms in total. The zero-order valence-corrected chi connectivity index (χ0v) is 42.4. The molecule has 1 radical (unpaired) electrons. The fraction of sp³-hybridized carbons (Fsp3) is 0.534. The topological polar surface area (TPSA) is 51.8 Å². The maximum Gasteiger partial charge on any atom is 0.216 e. The fourth-order valence-corrected chi connectivity index (χ4v) is 12.3. The monoisotopic (exact) mass is 1030 g/mol. The summed E-state index contributed by atoms with van der Waals surface area (Å²) in [7, 11) is 0. The van der Waals surface area contributed by atoms with Gasteiger partial charge in [0.1, 0.15) is 0 Å². The van der Waals surface area contributed by atoms with E-state index in [4.69, 9.17) is 23.1 Å². The summed E-state index contributed by atoms with van der Waals surface area (Å²) in [5, 5.41) is 1.59. The van der Waals surface area contributed by atoms with Gasteiger partial charge in [-0.1, -0.05) is 127 Å². The van der Waals surface area contributed by atoms with Crippen molar-refractivity contribution in [1.82, 2.24) is 15.0 Å². The molecule has 339 valence electrons. The van der Waals surface area contributed by atoms with Gasteiger partial charge in [0.2, 0.25) is 5.71 Å². The van der Waals surface area contributed by atoms with Crippen molar-refractivity contribution in [2.45, 2.75) is 161 Å². The van der Waals surface area contributed by atoms with E-state index in [2.05, 4.69) is 83.6 Å². The Hall–Kier alpha value is -3.66. The van der Waals surface area contributed by atoms with Crippen LogP contribution in [-0.2, 0) is 32.9 Å². The van der Waals surface area contributed by atoms with Crippen LogP contribution < -0.4 is 0 Å². The molecular weight excluding hydrogens is 947 g/mol. The predicted octanol–water partition coefficient (Wildman–Crippen LogP) is 16.3. The maximum atomic E-state index is 10.3. The molecular formula is C58H75IrN3O-2. The Morgan fingerprint density at radius 1 is 0.730 bits per heavy atom. The van der Waals surface area contributed by atoms with Crippen LogP contribution in [0.25, 0.3) is 44.6 Å². The van der Waals surface area contributed by atoms with E-state index in [0.717, 1.165) is 29.2 Å². The smallest absolute Gasteiger partial charge is 0.216 e. The SMILES string of the molecule is [2H]C([2H])([2H])c1c[c-]c(-c2cc(C([2H])([2H])C(C)(C)C)c(C([2H])([2H])C(C)(C)C)cn2)cc1.[2H]C([2H])([2H])c1ccc2c(n1)oc1c(-c3cc(C4([2H])C(C)(C)CC5(CC(C)(C)CC(C)(C)C5)CC4(C)C)ccn3)[c-]ccc12.[Ir]. The normalized spacial score (nSPS) is 24.5. The van der Waals surface area contributed by atoms with Crippen molar-refractivity contribution in [2.75, 3.05) is 0 Å². The fourth-order valence-electron chi connectivity index (χ4n) is 12.3. The summed E-state index contributed by atoms with van der Waals surface area (Å²) in [4.78, 5) is 13.5. The Balaban J connectivity index is 0.000000254. The van der Waals surface area contributed by atoms with Gasteiger partial charge in [-0.2, -0.15) is 0 Å². The maximum absolute atomic E-state index is 10.3. The third kappa shape index (κ3) is 11.2. The van der Waals surface area contributed by atoms with E-state index in [-0.39, 0.29) is 75.3 Å². The number of rotatable bonds is 5. The number of hydrogen-bond acceptors (Lipinski definition) is 4. The van der Waals surface area contributed by atoms with Crippen molar-refractivity contribution < 1.29 is 39.6 Å². The molecule has 0 aliphatic heterocycles. The molecule has 8 rings (SSSR count). The van der Waals surface area contributed by atoms with Crippen molar-refractivity contribution in [3.63, 3.8) is 0 Å². The van der Waals surface area contributed by atoms with Crippen molar-refractivity contribution in [3.8, 4) is 22.5 Å². The molecule has 0 unspecified atom stereocenters. The quantitative estimate of drug-likeness (QED) is 0.162. The minimum Gasteiger partial charge on any atom is -0.486 e. The summed E-state index contributed by atoms with van der Waals surface area (Å²) >= 11 is 0. The number of benzene rings is 2. The van der Waals surface area contributed by atoms with Crippen LogP contribution in [0.5, 0.6) is 0 Å². The molecule has 2 aliphatic rings. The van der Waals surface area contributed by atoms with E-state index in [1.54, 1.807) is 59.7 Å². The van der Waals surface area contributed by atoms with Crippen LogP contribution in [0.2, 0.25) is 0 Å². The van der Waals surface area contributed by atoms with E-state index in [1.807, 2.05) is 24.4 Å². The molecule has 2 aliphatic carbocycles. The average Bonchev–Trinajstić information content (AvgIpc) is 3.61. The summed E-state index contributed by atoms with van der Waals surface area (Å²) in [5.74, 6) is -0.855. The van der Waals surface area contributed by atoms with Gasteiger partial charge in [0, 0.05) is 58.7 Å². The Morgan fingerprint density at radius 3 is 2.00 bits per heavy atom. The molecule has 5 heteroatoms. The van der Waals surface area contributed by atoms with Crippen LogP contribution in [0.15, 0.2) is 77.5 Å². The Morgan fingerprint density at radius 2 is 1.40 bits per heavy atom. The van der Waals surface area contributed by atoms with Crippen molar-refractivity contribution in [3.05, 3.63) is 113 Å². The number of hydrogen-bond donors (Lipinski definition) is 0. The van der Waals surface area contributed by atoms with Gasteiger partial charge >= 0.3 is 0 Å². The van der Waals surface area contributed by atoms with Crippen LogP contribution in [-0.4, -0.2) is 15.0 Å². The van der Waals surface area contributed by atoms with Gasteiger partial charge in [0.05, 0.1) is 5.58 Å². The molecule has 2 aromatic carbocycles. The molecule has 0 saturated heterocycles. The summed E-state index contributed by atoms with van der Waals surface area (Å²) in [6, 6.07) is 23.4. The van der Waals surface area contributed by atoms with E-state index >= 15 is 0 Å². The van der Waals surface area contributed by atoms with Crippen LogP contribution in [0.4, 0.5) is 0 Å². The zero-order chi connectivity index (χ0) is 54.8. The standard InChI is InChI=1S/C36H45N2O.C22H30N.Ir/c1-23-13-14-26-25-11-10-12-27(29(25)39-31(26)38-23)28-17-24(15-16-37-28)30-34(6,7)21-36(22-35(30,8)9)19-32(2,3)18-33(4,5)20-36;1-16-8-10-17(11-9-16)20-12-18(13-21(2,3)4)19(15-23-20)14-22(5,6)7;/h10-11,13-17,30H,18-22H2,1-9H3;8-10,12,15H,13-14H2,1-7H3;/q2*-1;/i1D3,30D;1D3,13D2,14D2;. The minimum absolute atomic E-state index is 0. The van der Waals surface area contributed by atoms with E-state index in [0.29, 0.717) is 28.1 Å². The molecule has 1 spiro atoms. The largest absolute Gasteiger partial charge is 0.486 e. The molecule has 0 bridgehead atoms. The first-order chi connectivity index (χ1) is 33.0. The van der Waals surface area contributed by atoms with Crippen LogP contribution in [0.1, 0.15) is 178 Å². The predicted molar refractivity (Wildman–Crippen MR) is 261 cm³/mol. The number of aryl methyl sites for hydroxylation is 2. The van der Waals surface area contributed by atoms with Gasteiger partial charge in [0.15, 0.2) is 0 Å². The minimum atomic E-state index is -2.32. The van der Waals surface area contributed by atoms with Crippen molar-refractivity contribution in [1.29, 1.82) is 0 Å². The number of fused-ring (bicyclic) bond motifs is 3. The third-order valence-corrected chi connectivity index (χ3v) is 12.3. The number of nitrogens with zero attached hydrogens (tertiary/aromatic N) is 3. The van der Waals surface area contributed by atoms with E-state index in [9.17, 15) is 1.37 Å². The molecule has 2 saturated carbocycles. The second-order valence-corrected chi connectivity index (χ2v) is 23.4. The molecule has 4 aromatic heterocycles. The van der Waals surface area contributed by atoms with E-state index < -0.39 is 43.2 Å². The Kier molecular flexibility index (Phi) is 9.76. The summed E-state index contributed by atoms with van der Waals surface area (Å²) in [6.45, 7) is 25.1. The summed E-state index contributed by atoms with van der Waals surface area (Å²) in [6.07, 6.45) is 5.23.